The van der Waals surface area contributed by atoms with Crippen LogP contribution in [0.1, 0.15) is 23.2 Å². The summed E-state index contributed by atoms with van der Waals surface area (Å²) in [5.74, 6) is 1.61. The predicted octanol–water partition coefficient (Wildman–Crippen LogP) is 3.48. The molecule has 4 rings (SSSR count). The average Bonchev–Trinajstić information content (AvgIpc) is 3.25. The molecule has 1 saturated heterocycles. The summed E-state index contributed by atoms with van der Waals surface area (Å²) in [5.41, 5.74) is 2.76. The van der Waals surface area contributed by atoms with E-state index in [2.05, 4.69) is 38.6 Å². The lowest BCUT2D eigenvalue weighted by atomic mass is 10.0. The van der Waals surface area contributed by atoms with Gasteiger partial charge < -0.3 is 15.0 Å². The van der Waals surface area contributed by atoms with E-state index in [0.717, 1.165) is 48.8 Å². The van der Waals surface area contributed by atoms with Crippen molar-refractivity contribution in [3.8, 4) is 17.0 Å². The van der Waals surface area contributed by atoms with Gasteiger partial charge in [-0.25, -0.2) is 0 Å². The molecule has 2 N–H and O–H groups in total. The van der Waals surface area contributed by atoms with Gasteiger partial charge >= 0.3 is 0 Å². The lowest BCUT2D eigenvalue weighted by Gasteiger charge is -2.33. The quantitative estimate of drug-likeness (QED) is 0.715. The van der Waals surface area contributed by atoms with E-state index in [4.69, 9.17) is 4.74 Å². The van der Waals surface area contributed by atoms with Crippen molar-refractivity contribution in [2.24, 2.45) is 0 Å². The Balaban J connectivity index is 1.40. The lowest BCUT2D eigenvalue weighted by molar-refractivity contribution is 0.0933. The number of benzene rings is 2. The van der Waals surface area contributed by atoms with Crippen LogP contribution in [0.4, 0.5) is 5.82 Å². The van der Waals surface area contributed by atoms with Gasteiger partial charge in [-0.15, -0.1) is 0 Å². The summed E-state index contributed by atoms with van der Waals surface area (Å²) >= 11 is 0. The second-order valence-electron chi connectivity index (χ2n) is 6.99. The minimum Gasteiger partial charge on any atom is -0.497 e. The van der Waals surface area contributed by atoms with Gasteiger partial charge in [-0.1, -0.05) is 30.3 Å². The van der Waals surface area contributed by atoms with E-state index in [-0.39, 0.29) is 11.9 Å². The summed E-state index contributed by atoms with van der Waals surface area (Å²) < 4.78 is 5.15. The molecule has 28 heavy (non-hydrogen) atoms. The fourth-order valence-electron chi connectivity index (χ4n) is 3.55. The number of carbonyl (C=O) groups is 1. The van der Waals surface area contributed by atoms with Gasteiger partial charge in [-0.2, -0.15) is 5.10 Å². The zero-order chi connectivity index (χ0) is 19.3. The van der Waals surface area contributed by atoms with E-state index >= 15 is 0 Å². The predicted molar refractivity (Wildman–Crippen MR) is 110 cm³/mol. The Labute approximate surface area is 164 Å². The number of carbonyl (C=O) groups excluding carboxylic acids is 1. The second kappa shape index (κ2) is 8.17. The van der Waals surface area contributed by atoms with Crippen LogP contribution in [0, 0.1) is 0 Å². The van der Waals surface area contributed by atoms with Crippen LogP contribution in [0.3, 0.4) is 0 Å². The zero-order valence-electron chi connectivity index (χ0n) is 15.9. The fourth-order valence-corrected chi connectivity index (χ4v) is 3.55. The number of hydrogen-bond acceptors (Lipinski definition) is 4. The van der Waals surface area contributed by atoms with Crippen LogP contribution in [0.2, 0.25) is 0 Å². The Kier molecular flexibility index (Phi) is 5.28. The highest BCUT2D eigenvalue weighted by Gasteiger charge is 2.23. The highest BCUT2D eigenvalue weighted by Crippen LogP contribution is 2.24. The van der Waals surface area contributed by atoms with Crippen molar-refractivity contribution >= 4 is 11.7 Å². The monoisotopic (exact) mass is 376 g/mol. The topological polar surface area (TPSA) is 70.2 Å². The van der Waals surface area contributed by atoms with Gasteiger partial charge in [0.25, 0.3) is 5.91 Å². The summed E-state index contributed by atoms with van der Waals surface area (Å²) in [6.45, 7) is 1.69. The summed E-state index contributed by atoms with van der Waals surface area (Å²) in [7, 11) is 1.62. The van der Waals surface area contributed by atoms with Gasteiger partial charge in [0.15, 0.2) is 5.82 Å². The molecule has 0 bridgehead atoms. The Bertz CT molecular complexity index is 921. The molecule has 1 fully saturated rings. The van der Waals surface area contributed by atoms with E-state index in [1.54, 1.807) is 31.4 Å². The molecule has 0 unspecified atom stereocenters. The molecule has 6 nitrogen and oxygen atoms in total. The van der Waals surface area contributed by atoms with Crippen LogP contribution in [-0.4, -0.2) is 42.3 Å². The molecule has 6 heteroatoms. The molecule has 1 aliphatic heterocycles. The smallest absolute Gasteiger partial charge is 0.251 e. The van der Waals surface area contributed by atoms with Crippen molar-refractivity contribution in [3.05, 3.63) is 66.2 Å². The minimum absolute atomic E-state index is 0.0542. The van der Waals surface area contributed by atoms with E-state index in [9.17, 15) is 4.79 Å². The van der Waals surface area contributed by atoms with Crippen LogP contribution in [-0.2, 0) is 0 Å². The first-order valence-electron chi connectivity index (χ1n) is 9.53. The first-order chi connectivity index (χ1) is 13.7. The molecule has 0 saturated carbocycles. The molecule has 2 aromatic carbocycles. The molecule has 0 aliphatic carbocycles. The number of nitrogens with one attached hydrogen (secondary N) is 2. The van der Waals surface area contributed by atoms with Gasteiger partial charge in [0.05, 0.1) is 12.8 Å². The molecule has 144 valence electrons. The Morgan fingerprint density at radius 2 is 1.96 bits per heavy atom. The maximum absolute atomic E-state index is 12.6. The molecular formula is C22H24N4O2. The van der Waals surface area contributed by atoms with Gasteiger partial charge in [-0.05, 0) is 42.7 Å². The lowest BCUT2D eigenvalue weighted by Crippen LogP contribution is -2.48. The normalized spacial score (nSPS) is 16.6. The molecule has 0 spiro atoms. The highest BCUT2D eigenvalue weighted by atomic mass is 16.5. The summed E-state index contributed by atoms with van der Waals surface area (Å²) in [5, 5.41) is 10.8. The summed E-state index contributed by atoms with van der Waals surface area (Å²) in [6.07, 6.45) is 1.98. The molecular weight excluding hydrogens is 352 g/mol. The number of aromatic amines is 1. The zero-order valence-corrected chi connectivity index (χ0v) is 15.9. The highest BCUT2D eigenvalue weighted by molar-refractivity contribution is 5.94. The molecule has 1 aliphatic rings. The number of rotatable bonds is 5. The number of H-pyrrole nitrogens is 1. The Morgan fingerprint density at radius 1 is 1.18 bits per heavy atom. The second-order valence-corrected chi connectivity index (χ2v) is 6.99. The molecule has 3 aromatic rings. The molecule has 2 heterocycles. The summed E-state index contributed by atoms with van der Waals surface area (Å²) in [4.78, 5) is 14.8. The van der Waals surface area contributed by atoms with Crippen molar-refractivity contribution in [2.45, 2.75) is 18.9 Å². The maximum atomic E-state index is 12.6. The average molecular weight is 376 g/mol. The number of methoxy groups -OCH3 is 1. The number of anilines is 1. The van der Waals surface area contributed by atoms with Crippen molar-refractivity contribution in [1.82, 2.24) is 15.5 Å². The van der Waals surface area contributed by atoms with Crippen molar-refractivity contribution in [1.29, 1.82) is 0 Å². The van der Waals surface area contributed by atoms with E-state index < -0.39 is 0 Å². The largest absolute Gasteiger partial charge is 0.497 e. The van der Waals surface area contributed by atoms with Crippen LogP contribution in [0.25, 0.3) is 11.3 Å². The number of amides is 1. The van der Waals surface area contributed by atoms with Crippen LogP contribution in [0.15, 0.2) is 60.7 Å². The number of piperidine rings is 1. The van der Waals surface area contributed by atoms with Gasteiger partial charge in [0.2, 0.25) is 0 Å². The van der Waals surface area contributed by atoms with Crippen molar-refractivity contribution < 1.29 is 9.53 Å². The van der Waals surface area contributed by atoms with Crippen LogP contribution >= 0.6 is 0 Å². The van der Waals surface area contributed by atoms with Gasteiger partial charge in [0, 0.05) is 30.8 Å². The number of aromatic nitrogens is 2. The van der Waals surface area contributed by atoms with Gasteiger partial charge in [-0.3, -0.25) is 9.89 Å². The van der Waals surface area contributed by atoms with Crippen LogP contribution < -0.4 is 15.0 Å². The SMILES string of the molecule is COc1ccc(C(=O)N[C@@H]2CCCN(c3cc(-c4ccccc4)[nH]n3)C2)cc1. The standard InChI is InChI=1S/C22H24N4O2/c1-28-19-11-9-17(10-12-19)22(27)23-18-8-5-13-26(15-18)21-14-20(24-25-21)16-6-3-2-4-7-16/h2-4,6-7,9-12,14,18H,5,8,13,15H2,1H3,(H,23,27)(H,24,25)/t18-/m1/s1. The molecule has 1 aromatic heterocycles. The van der Waals surface area contributed by atoms with E-state index in [1.807, 2.05) is 18.2 Å². The van der Waals surface area contributed by atoms with Crippen LogP contribution in [0.5, 0.6) is 5.75 Å². The number of ether oxygens (including phenoxy) is 1. The number of hydrogen-bond donors (Lipinski definition) is 2. The Morgan fingerprint density at radius 3 is 2.71 bits per heavy atom. The van der Waals surface area contributed by atoms with Crippen molar-refractivity contribution in [3.63, 3.8) is 0 Å². The molecule has 1 atom stereocenters. The third-order valence-corrected chi connectivity index (χ3v) is 5.08. The minimum atomic E-state index is -0.0542. The first-order valence-corrected chi connectivity index (χ1v) is 9.53. The molecule has 1 amide bonds. The number of nitrogens with zero attached hydrogens (tertiary/aromatic N) is 2. The third kappa shape index (κ3) is 4.01. The molecule has 0 radical (unpaired) electrons. The maximum Gasteiger partial charge on any atom is 0.251 e. The first kappa shape index (κ1) is 18.1. The van der Waals surface area contributed by atoms with E-state index in [0.29, 0.717) is 5.56 Å². The fraction of sp³-hybridized carbons (Fsp3) is 0.273. The van der Waals surface area contributed by atoms with E-state index in [1.165, 1.54) is 0 Å². The summed E-state index contributed by atoms with van der Waals surface area (Å²) in [6, 6.07) is 19.5. The van der Waals surface area contributed by atoms with Crippen molar-refractivity contribution in [2.75, 3.05) is 25.1 Å². The third-order valence-electron chi connectivity index (χ3n) is 5.08. The Hall–Kier alpha value is -3.28. The van der Waals surface area contributed by atoms with Gasteiger partial charge in [0.1, 0.15) is 5.75 Å².